The van der Waals surface area contributed by atoms with Crippen LogP contribution in [-0.2, 0) is 11.3 Å². The van der Waals surface area contributed by atoms with E-state index in [9.17, 15) is 23.1 Å². The minimum atomic E-state index is -0.741. The molecule has 0 spiro atoms. The van der Waals surface area contributed by atoms with Gasteiger partial charge in [-0.25, -0.2) is 17.9 Å². The average molecular weight is 481 g/mol. The number of halogens is 3. The van der Waals surface area contributed by atoms with Crippen molar-refractivity contribution in [3.63, 3.8) is 0 Å². The number of hydrogen-bond acceptors (Lipinski definition) is 4. The Hall–Kier alpha value is -3.72. The Labute approximate surface area is 197 Å². The molecule has 0 radical (unpaired) electrons. The quantitative estimate of drug-likeness (QED) is 0.413. The number of carbonyl (C=O) groups excluding carboxylic acids is 1. The first-order valence-corrected chi connectivity index (χ1v) is 11.4. The van der Waals surface area contributed by atoms with Crippen LogP contribution in [0.15, 0.2) is 72.9 Å². The zero-order chi connectivity index (χ0) is 23.8. The fourth-order valence-electron chi connectivity index (χ4n) is 3.88. The van der Waals surface area contributed by atoms with E-state index in [1.54, 1.807) is 47.5 Å². The van der Waals surface area contributed by atoms with E-state index in [1.165, 1.54) is 28.6 Å². The molecule has 1 aromatic heterocycles. The maximum Gasteiger partial charge on any atom is 0.234 e. The van der Waals surface area contributed by atoms with Crippen molar-refractivity contribution in [1.82, 2.24) is 14.7 Å². The van der Waals surface area contributed by atoms with Crippen LogP contribution in [0.5, 0.6) is 5.75 Å². The maximum atomic E-state index is 13.9. The maximum absolute atomic E-state index is 13.9. The van der Waals surface area contributed by atoms with Crippen molar-refractivity contribution in [3.8, 4) is 22.7 Å². The van der Waals surface area contributed by atoms with Gasteiger partial charge in [0.25, 0.3) is 0 Å². The second-order valence-corrected chi connectivity index (χ2v) is 8.93. The number of amides is 1. The van der Waals surface area contributed by atoms with Gasteiger partial charge in [0.2, 0.25) is 5.91 Å². The molecule has 1 fully saturated rings. The van der Waals surface area contributed by atoms with E-state index >= 15 is 0 Å². The smallest absolute Gasteiger partial charge is 0.234 e. The van der Waals surface area contributed by atoms with Crippen LogP contribution in [0.1, 0.15) is 16.5 Å². The summed E-state index contributed by atoms with van der Waals surface area (Å²) in [6, 6.07) is 15.4. The third-order valence-electron chi connectivity index (χ3n) is 5.50. The Bertz CT molecular complexity index is 1340. The predicted molar refractivity (Wildman–Crippen MR) is 123 cm³/mol. The van der Waals surface area contributed by atoms with Gasteiger partial charge in [-0.05, 0) is 54.1 Å². The molecule has 1 N–H and O–H groups in total. The molecule has 1 atom stereocenters. The second-order valence-electron chi connectivity index (χ2n) is 7.86. The molecule has 9 heteroatoms. The minimum absolute atomic E-state index is 0.0716. The second kappa shape index (κ2) is 8.90. The summed E-state index contributed by atoms with van der Waals surface area (Å²) in [6.07, 6.45) is 1.65. The molecule has 172 valence electrons. The molecule has 1 saturated heterocycles. The zero-order valence-electron chi connectivity index (χ0n) is 17.7. The van der Waals surface area contributed by atoms with E-state index in [1.807, 2.05) is 0 Å². The number of hydrogen-bond donors (Lipinski definition) is 1. The molecule has 1 amide bonds. The normalized spacial score (nSPS) is 15.8. The third kappa shape index (κ3) is 4.38. The van der Waals surface area contributed by atoms with Crippen LogP contribution in [0.3, 0.4) is 0 Å². The summed E-state index contributed by atoms with van der Waals surface area (Å²) in [5.74, 6) is -1.58. The molecule has 5 rings (SSSR count). The highest BCUT2D eigenvalue weighted by Crippen LogP contribution is 2.43. The molecule has 2 heterocycles. The number of carbonyl (C=O) groups is 1. The van der Waals surface area contributed by atoms with E-state index in [-0.39, 0.29) is 23.1 Å². The first-order valence-electron chi connectivity index (χ1n) is 10.4. The van der Waals surface area contributed by atoms with Crippen molar-refractivity contribution in [3.05, 3.63) is 102 Å². The number of phenolic OH excluding ortho intramolecular Hbond substituents is 1. The van der Waals surface area contributed by atoms with E-state index in [0.717, 1.165) is 23.8 Å². The highest BCUT2D eigenvalue weighted by Gasteiger charge is 2.36. The van der Waals surface area contributed by atoms with Crippen LogP contribution in [-0.4, -0.2) is 31.4 Å². The Balaban J connectivity index is 1.59. The summed E-state index contributed by atoms with van der Waals surface area (Å²) >= 11 is 1.41. The Morgan fingerprint density at radius 3 is 2.29 bits per heavy atom. The molecular weight excluding hydrogens is 463 g/mol. The van der Waals surface area contributed by atoms with Crippen LogP contribution in [0.25, 0.3) is 16.9 Å². The molecule has 0 bridgehead atoms. The van der Waals surface area contributed by atoms with Crippen LogP contribution >= 0.6 is 11.8 Å². The average Bonchev–Trinajstić information content (AvgIpc) is 3.39. The number of nitrogens with zero attached hydrogens (tertiary/aromatic N) is 3. The van der Waals surface area contributed by atoms with Gasteiger partial charge in [0.15, 0.2) is 0 Å². The van der Waals surface area contributed by atoms with Crippen molar-refractivity contribution >= 4 is 17.7 Å². The van der Waals surface area contributed by atoms with E-state index in [2.05, 4.69) is 5.10 Å². The summed E-state index contributed by atoms with van der Waals surface area (Å²) in [5.41, 5.74) is 2.77. The first kappa shape index (κ1) is 22.1. The fraction of sp³-hybridized carbons (Fsp3) is 0.120. The standard InChI is InChI=1S/C25H18F3N3O2S/c26-17-5-3-16(4-6-17)24-22(13-31(29-24)20-10-18(27)9-19(28)11-20)25-30(23(33)14-34-25)12-15-1-7-21(32)8-2-15/h1-11,13,25,32H,12,14H2/t25-/m1/s1. The van der Waals surface area contributed by atoms with Crippen molar-refractivity contribution in [2.75, 3.05) is 5.75 Å². The lowest BCUT2D eigenvalue weighted by molar-refractivity contribution is -0.128. The predicted octanol–water partition coefficient (Wildman–Crippen LogP) is 5.44. The fourth-order valence-corrected chi connectivity index (χ4v) is 5.07. The topological polar surface area (TPSA) is 58.4 Å². The molecule has 4 aromatic rings. The molecule has 1 aliphatic rings. The van der Waals surface area contributed by atoms with Gasteiger partial charge in [-0.2, -0.15) is 5.10 Å². The van der Waals surface area contributed by atoms with Gasteiger partial charge in [-0.15, -0.1) is 11.8 Å². The van der Waals surface area contributed by atoms with E-state index in [0.29, 0.717) is 23.4 Å². The van der Waals surface area contributed by atoms with Crippen LogP contribution in [0.4, 0.5) is 13.2 Å². The van der Waals surface area contributed by atoms with Gasteiger partial charge in [0.1, 0.15) is 28.6 Å². The van der Waals surface area contributed by atoms with Crippen LogP contribution < -0.4 is 0 Å². The van der Waals surface area contributed by atoms with Gasteiger partial charge < -0.3 is 10.0 Å². The van der Waals surface area contributed by atoms with Gasteiger partial charge in [-0.1, -0.05) is 12.1 Å². The summed E-state index contributed by atoms with van der Waals surface area (Å²) in [5, 5.41) is 13.7. The van der Waals surface area contributed by atoms with Crippen molar-refractivity contribution in [2.45, 2.75) is 11.9 Å². The highest BCUT2D eigenvalue weighted by atomic mass is 32.2. The first-order chi connectivity index (χ1) is 16.4. The molecule has 0 saturated carbocycles. The van der Waals surface area contributed by atoms with Crippen LogP contribution in [0.2, 0.25) is 0 Å². The van der Waals surface area contributed by atoms with Gasteiger partial charge >= 0.3 is 0 Å². The number of rotatable bonds is 5. The molecule has 1 aliphatic heterocycles. The highest BCUT2D eigenvalue weighted by molar-refractivity contribution is 8.00. The Kier molecular flexibility index (Phi) is 5.79. The molecule has 3 aromatic carbocycles. The van der Waals surface area contributed by atoms with Gasteiger partial charge in [-0.3, -0.25) is 4.79 Å². The SMILES string of the molecule is O=C1CS[C@H](c2cn(-c3cc(F)cc(F)c3)nc2-c2ccc(F)cc2)N1Cc1ccc(O)cc1. The zero-order valence-corrected chi connectivity index (χ0v) is 18.5. The van der Waals surface area contributed by atoms with Crippen LogP contribution in [0, 0.1) is 17.5 Å². The van der Waals surface area contributed by atoms with Gasteiger partial charge in [0, 0.05) is 29.9 Å². The molecular formula is C25H18F3N3O2S. The number of phenols is 1. The number of aromatic nitrogens is 2. The molecule has 0 unspecified atom stereocenters. The summed E-state index contributed by atoms with van der Waals surface area (Å²) in [6.45, 7) is 0.305. The third-order valence-corrected chi connectivity index (χ3v) is 6.73. The Morgan fingerprint density at radius 1 is 0.941 bits per heavy atom. The summed E-state index contributed by atoms with van der Waals surface area (Å²) in [4.78, 5) is 14.5. The number of benzene rings is 3. The molecule has 0 aliphatic carbocycles. The number of thioether (sulfide) groups is 1. The Morgan fingerprint density at radius 2 is 1.62 bits per heavy atom. The van der Waals surface area contributed by atoms with Crippen molar-refractivity contribution in [2.24, 2.45) is 0 Å². The summed E-state index contributed by atoms with van der Waals surface area (Å²) in [7, 11) is 0. The number of aromatic hydroxyl groups is 1. The van der Waals surface area contributed by atoms with Crippen molar-refractivity contribution in [1.29, 1.82) is 0 Å². The van der Waals surface area contributed by atoms with Crippen molar-refractivity contribution < 1.29 is 23.1 Å². The summed E-state index contributed by atoms with van der Waals surface area (Å²) < 4.78 is 42.7. The lowest BCUT2D eigenvalue weighted by atomic mass is 10.1. The lowest BCUT2D eigenvalue weighted by Gasteiger charge is -2.24. The monoisotopic (exact) mass is 481 g/mol. The molecule has 34 heavy (non-hydrogen) atoms. The van der Waals surface area contributed by atoms with Gasteiger partial charge in [0.05, 0.1) is 17.1 Å². The van der Waals surface area contributed by atoms with E-state index in [4.69, 9.17) is 0 Å². The molecule has 5 nitrogen and oxygen atoms in total. The minimum Gasteiger partial charge on any atom is -0.508 e. The lowest BCUT2D eigenvalue weighted by Crippen LogP contribution is -2.27. The van der Waals surface area contributed by atoms with E-state index < -0.39 is 22.8 Å². The largest absolute Gasteiger partial charge is 0.508 e.